The van der Waals surface area contributed by atoms with E-state index < -0.39 is 5.54 Å². The van der Waals surface area contributed by atoms with Crippen molar-refractivity contribution in [1.82, 2.24) is 25.4 Å². The van der Waals surface area contributed by atoms with Crippen LogP contribution in [0.5, 0.6) is 0 Å². The number of H-pyrrole nitrogens is 1. The second-order valence-corrected chi connectivity index (χ2v) is 11.1. The first-order chi connectivity index (χ1) is 16.8. The zero-order valence-corrected chi connectivity index (χ0v) is 21.4. The molecule has 3 aromatic heterocycles. The van der Waals surface area contributed by atoms with Crippen LogP contribution < -0.4 is 15.5 Å². The minimum atomic E-state index is -0.564. The summed E-state index contributed by atoms with van der Waals surface area (Å²) >= 11 is 2.65. The largest absolute Gasteiger partial charge is 0.361 e. The Labute approximate surface area is 211 Å². The number of rotatable bonds is 6. The van der Waals surface area contributed by atoms with Gasteiger partial charge in [0.1, 0.15) is 5.52 Å². The Kier molecular flexibility index (Phi) is 6.30. The van der Waals surface area contributed by atoms with Crippen molar-refractivity contribution < 1.29 is 9.59 Å². The van der Waals surface area contributed by atoms with Crippen molar-refractivity contribution in [2.45, 2.75) is 19.4 Å². The number of carbonyl (C=O) groups excluding carboxylic acids is 2. The van der Waals surface area contributed by atoms with Gasteiger partial charge in [-0.2, -0.15) is 5.10 Å². The van der Waals surface area contributed by atoms with Gasteiger partial charge in [0.25, 0.3) is 11.8 Å². The number of anilines is 2. The molecule has 0 saturated carbocycles. The third kappa shape index (κ3) is 4.93. The normalized spacial score (nSPS) is 14.9. The van der Waals surface area contributed by atoms with E-state index in [1.807, 2.05) is 56.3 Å². The fourth-order valence-electron chi connectivity index (χ4n) is 3.98. The van der Waals surface area contributed by atoms with Crippen molar-refractivity contribution in [1.29, 1.82) is 0 Å². The zero-order valence-electron chi connectivity index (χ0n) is 19.8. The lowest BCUT2D eigenvalue weighted by Crippen LogP contribution is -2.44. The van der Waals surface area contributed by atoms with Gasteiger partial charge < -0.3 is 20.4 Å². The maximum absolute atomic E-state index is 12.9. The second-order valence-electron chi connectivity index (χ2n) is 9.10. The van der Waals surface area contributed by atoms with E-state index in [0.717, 1.165) is 36.7 Å². The number of nitrogens with zero attached hydrogens (tertiary/aromatic N) is 4. The number of hydrogen-bond donors (Lipinski definition) is 3. The van der Waals surface area contributed by atoms with Crippen LogP contribution in [0.1, 0.15) is 38.9 Å². The third-order valence-corrected chi connectivity index (χ3v) is 8.19. The SMILES string of the molecule is CN1CCN(c2ccc(C(=O)Nc3[nH]nc4sc(C(=O)NC(C)(C)c5ccccc5)nc34)s2)CC1. The molecular weight excluding hydrogens is 482 g/mol. The van der Waals surface area contributed by atoms with Gasteiger partial charge in [0.2, 0.25) is 0 Å². The molecule has 5 rings (SSSR count). The number of thiazole rings is 1. The summed E-state index contributed by atoms with van der Waals surface area (Å²) in [5.41, 5.74) is 0.905. The minimum absolute atomic E-state index is 0.231. The molecule has 3 N–H and O–H groups in total. The number of carbonyl (C=O) groups is 2. The highest BCUT2D eigenvalue weighted by molar-refractivity contribution is 7.20. The Morgan fingerprint density at radius 3 is 2.49 bits per heavy atom. The predicted octanol–water partition coefficient (Wildman–Crippen LogP) is 3.75. The summed E-state index contributed by atoms with van der Waals surface area (Å²) in [6.07, 6.45) is 0. The van der Waals surface area contributed by atoms with Gasteiger partial charge in [0.05, 0.1) is 15.4 Å². The van der Waals surface area contributed by atoms with Crippen LogP contribution >= 0.6 is 22.7 Å². The zero-order chi connectivity index (χ0) is 24.6. The summed E-state index contributed by atoms with van der Waals surface area (Å²) in [7, 11) is 2.12. The average molecular weight is 510 g/mol. The van der Waals surface area contributed by atoms with E-state index in [2.05, 4.69) is 42.7 Å². The van der Waals surface area contributed by atoms with E-state index in [0.29, 0.717) is 26.0 Å². The van der Waals surface area contributed by atoms with Crippen molar-refractivity contribution in [2.75, 3.05) is 43.4 Å². The molecule has 4 heterocycles. The highest BCUT2D eigenvalue weighted by atomic mass is 32.1. The number of likely N-dealkylation sites (N-methyl/N-ethyl adjacent to an activating group) is 1. The number of fused-ring (bicyclic) bond motifs is 1. The van der Waals surface area contributed by atoms with Gasteiger partial charge in [-0.25, -0.2) is 4.98 Å². The van der Waals surface area contributed by atoms with E-state index in [-0.39, 0.29) is 11.8 Å². The molecule has 1 fully saturated rings. The van der Waals surface area contributed by atoms with E-state index >= 15 is 0 Å². The molecular formula is C24H27N7O2S2. The van der Waals surface area contributed by atoms with E-state index in [4.69, 9.17) is 0 Å². The van der Waals surface area contributed by atoms with Gasteiger partial charge in [0.15, 0.2) is 15.7 Å². The van der Waals surface area contributed by atoms with Gasteiger partial charge in [0, 0.05) is 26.2 Å². The maximum atomic E-state index is 12.9. The van der Waals surface area contributed by atoms with Crippen molar-refractivity contribution >= 4 is 55.7 Å². The molecule has 0 unspecified atom stereocenters. The van der Waals surface area contributed by atoms with E-state index in [9.17, 15) is 9.59 Å². The summed E-state index contributed by atoms with van der Waals surface area (Å²) in [5, 5.41) is 14.4. The summed E-state index contributed by atoms with van der Waals surface area (Å²) in [5.74, 6) is -0.128. The second kappa shape index (κ2) is 9.40. The fourth-order valence-corrected chi connectivity index (χ4v) is 5.73. The van der Waals surface area contributed by atoms with Crippen LogP contribution in [0.3, 0.4) is 0 Å². The topological polar surface area (TPSA) is 106 Å². The van der Waals surface area contributed by atoms with Crippen molar-refractivity contribution in [3.8, 4) is 0 Å². The summed E-state index contributed by atoms with van der Waals surface area (Å²) in [6.45, 7) is 7.81. The minimum Gasteiger partial charge on any atom is -0.361 e. The highest BCUT2D eigenvalue weighted by Gasteiger charge is 2.26. The first-order valence-electron chi connectivity index (χ1n) is 11.4. The van der Waals surface area contributed by atoms with Gasteiger partial charge in [-0.3, -0.25) is 14.7 Å². The smallest absolute Gasteiger partial charge is 0.281 e. The van der Waals surface area contributed by atoms with Crippen LogP contribution in [0.2, 0.25) is 0 Å². The highest BCUT2D eigenvalue weighted by Crippen LogP contribution is 2.30. The molecule has 182 valence electrons. The predicted molar refractivity (Wildman–Crippen MR) is 141 cm³/mol. The molecule has 0 aliphatic carbocycles. The Balaban J connectivity index is 1.28. The van der Waals surface area contributed by atoms with Crippen LogP contribution in [0.4, 0.5) is 10.8 Å². The number of thiophene rings is 1. The molecule has 4 aromatic rings. The number of aromatic nitrogens is 3. The van der Waals surface area contributed by atoms with E-state index in [1.54, 1.807) is 0 Å². The number of nitrogens with one attached hydrogen (secondary N) is 3. The summed E-state index contributed by atoms with van der Waals surface area (Å²) in [4.78, 5) is 36.1. The van der Waals surface area contributed by atoms with Crippen LogP contribution in [-0.4, -0.2) is 65.1 Å². The number of amides is 2. The molecule has 1 saturated heterocycles. The Bertz CT molecular complexity index is 1350. The maximum Gasteiger partial charge on any atom is 0.281 e. The van der Waals surface area contributed by atoms with Crippen LogP contribution in [-0.2, 0) is 5.54 Å². The average Bonchev–Trinajstić information content (AvgIpc) is 3.57. The van der Waals surface area contributed by atoms with Gasteiger partial charge in [-0.15, -0.1) is 11.3 Å². The lowest BCUT2D eigenvalue weighted by molar-refractivity contribution is 0.0911. The van der Waals surface area contributed by atoms with Crippen molar-refractivity contribution in [3.05, 3.63) is 57.9 Å². The lowest BCUT2D eigenvalue weighted by Gasteiger charge is -2.32. The van der Waals surface area contributed by atoms with Crippen LogP contribution in [0.25, 0.3) is 10.3 Å². The summed E-state index contributed by atoms with van der Waals surface area (Å²) < 4.78 is 0. The molecule has 0 atom stereocenters. The number of aromatic amines is 1. The molecule has 0 bridgehead atoms. The fraction of sp³-hybridized carbons (Fsp3) is 0.333. The monoisotopic (exact) mass is 509 g/mol. The Morgan fingerprint density at radius 1 is 1.00 bits per heavy atom. The number of hydrogen-bond acceptors (Lipinski definition) is 8. The van der Waals surface area contributed by atoms with Gasteiger partial charge in [-0.05, 0) is 38.6 Å². The summed E-state index contributed by atoms with van der Waals surface area (Å²) in [6, 6.07) is 13.6. The molecule has 0 spiro atoms. The van der Waals surface area contributed by atoms with E-state index in [1.165, 1.54) is 22.7 Å². The molecule has 35 heavy (non-hydrogen) atoms. The van der Waals surface area contributed by atoms with Crippen LogP contribution in [0, 0.1) is 0 Å². The van der Waals surface area contributed by atoms with Crippen molar-refractivity contribution in [2.24, 2.45) is 0 Å². The van der Waals surface area contributed by atoms with Crippen LogP contribution in [0.15, 0.2) is 42.5 Å². The molecule has 1 aliphatic rings. The molecule has 11 heteroatoms. The molecule has 0 radical (unpaired) electrons. The standard InChI is InChI=1S/C24H27N7O2S2/c1-24(2,15-7-5-4-6-8-15)27-21(33)23-25-18-19(28-29-22(18)35-23)26-20(32)16-9-10-17(34-16)31-13-11-30(3)12-14-31/h4-10H,11-14H2,1-3H3,(H,27,33)(H2,26,28,29,32). The third-order valence-electron chi connectivity index (χ3n) is 6.10. The quantitative estimate of drug-likeness (QED) is 0.366. The molecule has 2 amide bonds. The van der Waals surface area contributed by atoms with Crippen molar-refractivity contribution in [3.63, 3.8) is 0 Å². The first-order valence-corrected chi connectivity index (χ1v) is 13.0. The van der Waals surface area contributed by atoms with Gasteiger partial charge in [-0.1, -0.05) is 41.7 Å². The number of benzene rings is 1. The molecule has 1 aliphatic heterocycles. The first kappa shape index (κ1) is 23.5. The number of piperazine rings is 1. The molecule has 9 nitrogen and oxygen atoms in total. The van der Waals surface area contributed by atoms with Gasteiger partial charge >= 0.3 is 0 Å². The lowest BCUT2D eigenvalue weighted by atomic mass is 9.94. The Morgan fingerprint density at radius 2 is 1.74 bits per heavy atom. The Hall–Kier alpha value is -3.28. The molecule has 1 aromatic carbocycles.